The van der Waals surface area contributed by atoms with Crippen molar-refractivity contribution in [3.63, 3.8) is 0 Å². The summed E-state index contributed by atoms with van der Waals surface area (Å²) in [5.41, 5.74) is 8.19. The van der Waals surface area contributed by atoms with Crippen molar-refractivity contribution < 1.29 is 0 Å². The van der Waals surface area contributed by atoms with Gasteiger partial charge in [-0.3, -0.25) is 5.41 Å². The van der Waals surface area contributed by atoms with Crippen LogP contribution in [0.1, 0.15) is 22.8 Å². The average Bonchev–Trinajstić information content (AvgIpc) is 2.40. The summed E-state index contributed by atoms with van der Waals surface area (Å²) in [5, 5.41) is 7.89. The first-order chi connectivity index (χ1) is 9.06. The van der Waals surface area contributed by atoms with Crippen molar-refractivity contribution in [2.45, 2.75) is 13.8 Å². The highest BCUT2D eigenvalue weighted by Crippen LogP contribution is 2.04. The van der Waals surface area contributed by atoms with E-state index < -0.39 is 0 Å². The summed E-state index contributed by atoms with van der Waals surface area (Å²) in [4.78, 5) is 16.3. The van der Waals surface area contributed by atoms with Crippen LogP contribution >= 0.6 is 0 Å². The molecule has 6 nitrogen and oxygen atoms in total. The van der Waals surface area contributed by atoms with Gasteiger partial charge in [-0.25, -0.2) is 19.9 Å². The molecule has 96 valence electrons. The molecule has 0 aliphatic heterocycles. The van der Waals surface area contributed by atoms with Crippen LogP contribution in [0.4, 0.5) is 0 Å². The van der Waals surface area contributed by atoms with Gasteiger partial charge in [0.2, 0.25) is 0 Å². The van der Waals surface area contributed by atoms with Crippen LogP contribution in [-0.2, 0) is 0 Å². The van der Waals surface area contributed by atoms with E-state index in [9.17, 15) is 0 Å². The maximum atomic E-state index is 7.89. The number of rotatable bonds is 3. The van der Waals surface area contributed by atoms with Gasteiger partial charge in [0.15, 0.2) is 11.6 Å². The van der Waals surface area contributed by atoms with Crippen molar-refractivity contribution in [1.82, 2.24) is 19.9 Å². The number of hydrogen-bond donors (Lipinski definition) is 2. The summed E-state index contributed by atoms with van der Waals surface area (Å²) in [7, 11) is 0. The monoisotopic (exact) mass is 254 g/mol. The number of nitrogens with zero attached hydrogens (tertiary/aromatic N) is 4. The fraction of sp³-hybridized carbons (Fsp3) is 0.154. The molecule has 0 aliphatic rings. The SMILES string of the molecule is Cc1cnc(C(=N)/C=C(\N)c2ncc(C)cn2)nc1. The highest BCUT2D eigenvalue weighted by molar-refractivity contribution is 6.07. The molecule has 2 aromatic rings. The predicted octanol–water partition coefficient (Wildman–Crippen LogP) is 1.25. The zero-order valence-corrected chi connectivity index (χ0v) is 10.8. The van der Waals surface area contributed by atoms with Gasteiger partial charge in [0, 0.05) is 24.8 Å². The lowest BCUT2D eigenvalue weighted by Crippen LogP contribution is -2.08. The lowest BCUT2D eigenvalue weighted by atomic mass is 10.2. The zero-order valence-electron chi connectivity index (χ0n) is 10.8. The molecule has 19 heavy (non-hydrogen) atoms. The first kappa shape index (κ1) is 12.8. The number of nitrogens with two attached hydrogens (primary N) is 1. The first-order valence-corrected chi connectivity index (χ1v) is 5.70. The van der Waals surface area contributed by atoms with Gasteiger partial charge in [0.25, 0.3) is 0 Å². The van der Waals surface area contributed by atoms with E-state index in [0.717, 1.165) is 11.1 Å². The number of aryl methyl sites for hydroxylation is 2. The Bertz CT molecular complexity index is 613. The normalized spacial score (nSPS) is 11.4. The predicted molar refractivity (Wildman–Crippen MR) is 72.5 cm³/mol. The van der Waals surface area contributed by atoms with E-state index in [-0.39, 0.29) is 5.71 Å². The third-order valence-corrected chi connectivity index (χ3v) is 2.36. The smallest absolute Gasteiger partial charge is 0.177 e. The van der Waals surface area contributed by atoms with E-state index in [4.69, 9.17) is 11.1 Å². The topological polar surface area (TPSA) is 101 Å². The maximum Gasteiger partial charge on any atom is 0.177 e. The zero-order chi connectivity index (χ0) is 13.8. The molecule has 0 bridgehead atoms. The summed E-state index contributed by atoms with van der Waals surface area (Å²) >= 11 is 0. The fourth-order valence-corrected chi connectivity index (χ4v) is 1.36. The Balaban J connectivity index is 2.22. The second-order valence-corrected chi connectivity index (χ2v) is 4.18. The van der Waals surface area contributed by atoms with Crippen LogP contribution in [0.2, 0.25) is 0 Å². The fourth-order valence-electron chi connectivity index (χ4n) is 1.36. The highest BCUT2D eigenvalue weighted by Gasteiger charge is 2.05. The van der Waals surface area contributed by atoms with E-state index in [1.165, 1.54) is 6.08 Å². The molecule has 2 rings (SSSR count). The number of allylic oxidation sites excluding steroid dienone is 1. The van der Waals surface area contributed by atoms with Crippen LogP contribution in [0.25, 0.3) is 5.70 Å². The van der Waals surface area contributed by atoms with Gasteiger partial charge in [-0.15, -0.1) is 0 Å². The summed E-state index contributed by atoms with van der Waals surface area (Å²) in [5.74, 6) is 0.711. The Kier molecular flexibility index (Phi) is 3.61. The van der Waals surface area contributed by atoms with E-state index in [2.05, 4.69) is 19.9 Å². The molecule has 3 N–H and O–H groups in total. The summed E-state index contributed by atoms with van der Waals surface area (Å²) < 4.78 is 0. The summed E-state index contributed by atoms with van der Waals surface area (Å²) in [6, 6.07) is 0. The third kappa shape index (κ3) is 3.19. The molecule has 0 unspecified atom stereocenters. The van der Waals surface area contributed by atoms with Crippen molar-refractivity contribution in [1.29, 1.82) is 5.41 Å². The molecule has 2 aromatic heterocycles. The van der Waals surface area contributed by atoms with Crippen molar-refractivity contribution in [3.8, 4) is 0 Å². The van der Waals surface area contributed by atoms with Gasteiger partial charge in [0.05, 0.1) is 5.70 Å². The average molecular weight is 254 g/mol. The minimum Gasteiger partial charge on any atom is -0.396 e. The molecule has 0 spiro atoms. The molecule has 0 atom stereocenters. The van der Waals surface area contributed by atoms with Gasteiger partial charge in [-0.2, -0.15) is 0 Å². The Hall–Kier alpha value is -2.63. The van der Waals surface area contributed by atoms with Crippen molar-refractivity contribution in [2.24, 2.45) is 5.73 Å². The van der Waals surface area contributed by atoms with Gasteiger partial charge in [-0.1, -0.05) is 0 Å². The van der Waals surface area contributed by atoms with Crippen molar-refractivity contribution >= 4 is 11.4 Å². The largest absolute Gasteiger partial charge is 0.396 e. The van der Waals surface area contributed by atoms with E-state index in [1.807, 2.05) is 13.8 Å². The molecule has 0 saturated carbocycles. The van der Waals surface area contributed by atoms with Crippen LogP contribution < -0.4 is 5.73 Å². The summed E-state index contributed by atoms with van der Waals surface area (Å²) in [6.07, 6.45) is 8.12. The molecular formula is C13H14N6. The van der Waals surface area contributed by atoms with E-state index >= 15 is 0 Å². The Morgan fingerprint density at radius 2 is 1.37 bits per heavy atom. The van der Waals surface area contributed by atoms with Crippen LogP contribution in [-0.4, -0.2) is 25.6 Å². The molecule has 0 saturated heterocycles. The minimum atomic E-state index is 0.127. The Morgan fingerprint density at radius 3 is 1.84 bits per heavy atom. The molecule has 0 aliphatic carbocycles. The van der Waals surface area contributed by atoms with E-state index in [0.29, 0.717) is 17.3 Å². The highest BCUT2D eigenvalue weighted by atomic mass is 14.9. The second kappa shape index (κ2) is 5.34. The number of hydrogen-bond acceptors (Lipinski definition) is 6. The van der Waals surface area contributed by atoms with Crippen LogP contribution in [0.15, 0.2) is 30.9 Å². The van der Waals surface area contributed by atoms with E-state index in [1.54, 1.807) is 24.8 Å². The molecule has 0 aromatic carbocycles. The Labute approximate surface area is 111 Å². The van der Waals surface area contributed by atoms with Crippen LogP contribution in [0, 0.1) is 19.3 Å². The third-order valence-electron chi connectivity index (χ3n) is 2.36. The van der Waals surface area contributed by atoms with Gasteiger partial charge in [-0.05, 0) is 31.1 Å². The lowest BCUT2D eigenvalue weighted by Gasteiger charge is -2.01. The van der Waals surface area contributed by atoms with Crippen molar-refractivity contribution in [2.75, 3.05) is 0 Å². The molecule has 6 heteroatoms. The lowest BCUT2D eigenvalue weighted by molar-refractivity contribution is 1.08. The number of nitrogens with one attached hydrogen (secondary N) is 1. The molecule has 0 amide bonds. The second-order valence-electron chi connectivity index (χ2n) is 4.18. The number of aromatic nitrogens is 4. The Morgan fingerprint density at radius 1 is 0.947 bits per heavy atom. The molecule has 2 heterocycles. The van der Waals surface area contributed by atoms with Crippen LogP contribution in [0.5, 0.6) is 0 Å². The standard InChI is InChI=1S/C13H14N6/c1-8-4-16-12(17-5-8)10(14)3-11(15)13-18-6-9(2)7-19-13/h3-7,14H,15H2,1-2H3/b11-3-,14-10?. The minimum absolute atomic E-state index is 0.127. The van der Waals surface area contributed by atoms with Gasteiger partial charge >= 0.3 is 0 Å². The van der Waals surface area contributed by atoms with Crippen LogP contribution in [0.3, 0.4) is 0 Å². The van der Waals surface area contributed by atoms with Crippen molar-refractivity contribution in [3.05, 3.63) is 53.6 Å². The van der Waals surface area contributed by atoms with Gasteiger partial charge in [0.1, 0.15) is 5.71 Å². The molecule has 0 radical (unpaired) electrons. The summed E-state index contributed by atoms with van der Waals surface area (Å²) in [6.45, 7) is 3.78. The first-order valence-electron chi connectivity index (χ1n) is 5.70. The van der Waals surface area contributed by atoms with Gasteiger partial charge < -0.3 is 5.73 Å². The quantitative estimate of drug-likeness (QED) is 0.803. The maximum absolute atomic E-state index is 7.89. The molecular weight excluding hydrogens is 240 g/mol. The molecule has 0 fully saturated rings.